The number of hydrogen-bond acceptors (Lipinski definition) is 0. The van der Waals surface area contributed by atoms with Gasteiger partial charge in [-0.05, 0) is 0 Å². The predicted octanol–water partition coefficient (Wildman–Crippen LogP) is -3.15. The molecule has 0 nitrogen and oxygen atoms in total. The Morgan fingerprint density at radius 3 is 2.43 bits per heavy atom. The SMILES string of the molecule is CCc1cc2c([cH-]1)CCCC2.[Cl-].[Cl-].[Zr+3]. The second-order valence-corrected chi connectivity index (χ2v) is 3.47. The summed E-state index contributed by atoms with van der Waals surface area (Å²) in [5.74, 6) is 0. The monoisotopic (exact) mass is 307 g/mol. The van der Waals surface area contributed by atoms with Crippen molar-refractivity contribution in [3.8, 4) is 0 Å². The normalized spacial score (nSPS) is 12.9. The minimum Gasteiger partial charge on any atom is -1.00 e. The van der Waals surface area contributed by atoms with Crippen LogP contribution < -0.4 is 24.8 Å². The Bertz CT molecular complexity index is 232. The fourth-order valence-corrected chi connectivity index (χ4v) is 1.98. The van der Waals surface area contributed by atoms with Gasteiger partial charge in [0.05, 0.1) is 0 Å². The van der Waals surface area contributed by atoms with Gasteiger partial charge in [-0.15, -0.1) is 0 Å². The van der Waals surface area contributed by atoms with Crippen molar-refractivity contribution >= 4 is 0 Å². The molecule has 77 valence electrons. The van der Waals surface area contributed by atoms with Crippen LogP contribution in [0.1, 0.15) is 36.5 Å². The Morgan fingerprint density at radius 2 is 1.86 bits per heavy atom. The maximum absolute atomic E-state index is 2.40. The van der Waals surface area contributed by atoms with Gasteiger partial charge in [-0.25, -0.2) is 6.07 Å². The average Bonchev–Trinajstić information content (AvgIpc) is 2.46. The molecule has 0 aromatic heterocycles. The summed E-state index contributed by atoms with van der Waals surface area (Å²) in [6, 6.07) is 4.79. The average molecular weight is 309 g/mol. The van der Waals surface area contributed by atoms with Gasteiger partial charge < -0.3 is 24.8 Å². The molecule has 0 saturated heterocycles. The zero-order chi connectivity index (χ0) is 7.68. The molecule has 1 aliphatic rings. The summed E-state index contributed by atoms with van der Waals surface area (Å²) in [5, 5.41) is 0. The van der Waals surface area contributed by atoms with Gasteiger partial charge in [-0.1, -0.05) is 39.0 Å². The molecule has 0 N–H and O–H groups in total. The van der Waals surface area contributed by atoms with Gasteiger partial charge in [-0.3, -0.25) is 0 Å². The minimum absolute atomic E-state index is 0. The van der Waals surface area contributed by atoms with E-state index in [1.165, 1.54) is 37.7 Å². The molecule has 0 atom stereocenters. The fourth-order valence-electron chi connectivity index (χ4n) is 1.98. The summed E-state index contributed by atoms with van der Waals surface area (Å²) in [6.07, 6.45) is 6.66. The first-order chi connectivity index (χ1) is 5.40. The molecule has 0 unspecified atom stereocenters. The Morgan fingerprint density at radius 1 is 1.21 bits per heavy atom. The Kier molecular flexibility index (Phi) is 9.86. The van der Waals surface area contributed by atoms with E-state index in [2.05, 4.69) is 19.1 Å². The van der Waals surface area contributed by atoms with Crippen LogP contribution in [-0.4, -0.2) is 0 Å². The largest absolute Gasteiger partial charge is 3.00 e. The third kappa shape index (κ3) is 3.76. The van der Waals surface area contributed by atoms with Gasteiger partial charge in [0, 0.05) is 0 Å². The van der Waals surface area contributed by atoms with Gasteiger partial charge in [-0.2, -0.15) is 22.8 Å². The first-order valence-electron chi connectivity index (χ1n) is 4.67. The summed E-state index contributed by atoms with van der Waals surface area (Å²) in [6.45, 7) is 2.24. The Balaban J connectivity index is 0. The number of rotatable bonds is 1. The molecule has 1 aromatic rings. The van der Waals surface area contributed by atoms with Crippen LogP contribution >= 0.6 is 0 Å². The van der Waals surface area contributed by atoms with E-state index in [1.807, 2.05) is 0 Å². The van der Waals surface area contributed by atoms with E-state index in [0.717, 1.165) is 0 Å². The number of halogens is 2. The smallest absolute Gasteiger partial charge is 1.00 e. The van der Waals surface area contributed by atoms with Gasteiger partial charge in [0.1, 0.15) is 0 Å². The van der Waals surface area contributed by atoms with Crippen molar-refractivity contribution in [2.45, 2.75) is 39.0 Å². The van der Waals surface area contributed by atoms with E-state index < -0.39 is 0 Å². The van der Waals surface area contributed by atoms with Crippen LogP contribution in [0.2, 0.25) is 0 Å². The van der Waals surface area contributed by atoms with Crippen LogP contribution in [0.5, 0.6) is 0 Å². The van der Waals surface area contributed by atoms with Gasteiger partial charge in [0.15, 0.2) is 0 Å². The van der Waals surface area contributed by atoms with Gasteiger partial charge >= 0.3 is 26.2 Å². The molecule has 0 saturated carbocycles. The summed E-state index contributed by atoms with van der Waals surface area (Å²) >= 11 is 0. The van der Waals surface area contributed by atoms with Crippen LogP contribution in [0.15, 0.2) is 12.1 Å². The summed E-state index contributed by atoms with van der Waals surface area (Å²) in [5.41, 5.74) is 4.80. The quantitative estimate of drug-likeness (QED) is 0.481. The van der Waals surface area contributed by atoms with Crippen molar-refractivity contribution in [2.75, 3.05) is 0 Å². The van der Waals surface area contributed by atoms with Crippen LogP contribution in [-0.2, 0) is 45.5 Å². The van der Waals surface area contributed by atoms with Crippen molar-refractivity contribution in [1.82, 2.24) is 0 Å². The van der Waals surface area contributed by atoms with E-state index in [-0.39, 0.29) is 51.0 Å². The minimum atomic E-state index is 0. The molecule has 0 fully saturated rings. The second-order valence-electron chi connectivity index (χ2n) is 3.47. The molecule has 1 radical (unpaired) electrons. The van der Waals surface area contributed by atoms with Crippen LogP contribution in [0, 0.1) is 0 Å². The van der Waals surface area contributed by atoms with E-state index in [0.29, 0.717) is 0 Å². The van der Waals surface area contributed by atoms with Crippen molar-refractivity contribution in [3.63, 3.8) is 0 Å². The van der Waals surface area contributed by atoms with Crippen molar-refractivity contribution in [2.24, 2.45) is 0 Å². The second kappa shape index (κ2) is 8.02. The van der Waals surface area contributed by atoms with Crippen LogP contribution in [0.4, 0.5) is 0 Å². The summed E-state index contributed by atoms with van der Waals surface area (Å²) in [7, 11) is 0. The Hall–Kier alpha value is 0.813. The number of fused-ring (bicyclic) bond motifs is 1. The Labute approximate surface area is 118 Å². The third-order valence-corrected chi connectivity index (χ3v) is 2.68. The van der Waals surface area contributed by atoms with Crippen molar-refractivity contribution in [3.05, 3.63) is 28.8 Å². The molecular formula is C11H15Cl2Zr. The van der Waals surface area contributed by atoms with Gasteiger partial charge in [0.25, 0.3) is 0 Å². The first-order valence-corrected chi connectivity index (χ1v) is 4.67. The predicted molar refractivity (Wildman–Crippen MR) is 48.1 cm³/mol. The summed E-state index contributed by atoms with van der Waals surface area (Å²) in [4.78, 5) is 0. The molecule has 0 spiro atoms. The van der Waals surface area contributed by atoms with E-state index in [1.54, 1.807) is 11.1 Å². The first kappa shape index (κ1) is 17.2. The molecule has 1 aromatic carbocycles. The van der Waals surface area contributed by atoms with E-state index in [9.17, 15) is 0 Å². The molecule has 0 bridgehead atoms. The molecule has 2 rings (SSSR count). The van der Waals surface area contributed by atoms with Crippen LogP contribution in [0.25, 0.3) is 0 Å². The molecule has 0 heterocycles. The van der Waals surface area contributed by atoms with Crippen molar-refractivity contribution in [1.29, 1.82) is 0 Å². The van der Waals surface area contributed by atoms with Crippen molar-refractivity contribution < 1.29 is 51.0 Å². The van der Waals surface area contributed by atoms with Gasteiger partial charge in [0.2, 0.25) is 0 Å². The number of hydrogen-bond donors (Lipinski definition) is 0. The van der Waals surface area contributed by atoms with E-state index in [4.69, 9.17) is 0 Å². The topological polar surface area (TPSA) is 0 Å². The standard InChI is InChI=1S/C11H15.2ClH.Zr/c1-2-9-7-10-5-3-4-6-11(10)8-9;;;/h7-8H,2-6H2,1H3;2*1H;/q-1;;;+3/p-2. The molecule has 1 aliphatic carbocycles. The van der Waals surface area contributed by atoms with E-state index >= 15 is 0 Å². The van der Waals surface area contributed by atoms with Crippen LogP contribution in [0.3, 0.4) is 0 Å². The molecule has 0 amide bonds. The maximum atomic E-state index is 2.40. The zero-order valence-electron chi connectivity index (χ0n) is 8.45. The molecule has 0 aliphatic heterocycles. The molecule has 3 heteroatoms. The molecule has 14 heavy (non-hydrogen) atoms. The zero-order valence-corrected chi connectivity index (χ0v) is 12.4. The number of aryl methyl sites for hydroxylation is 3. The fraction of sp³-hybridized carbons (Fsp3) is 0.545. The summed E-state index contributed by atoms with van der Waals surface area (Å²) < 4.78 is 0. The molecular weight excluding hydrogens is 294 g/mol. The third-order valence-electron chi connectivity index (χ3n) is 2.68. The maximum Gasteiger partial charge on any atom is 3.00 e.